The minimum absolute atomic E-state index is 0.686. The topological polar surface area (TPSA) is 76.8 Å². The third-order valence-corrected chi connectivity index (χ3v) is 3.27. The molecule has 0 atom stereocenters. The van der Waals surface area contributed by atoms with Crippen LogP contribution in [0.3, 0.4) is 0 Å². The summed E-state index contributed by atoms with van der Waals surface area (Å²) in [7, 11) is 0. The lowest BCUT2D eigenvalue weighted by molar-refractivity contribution is 1.23. The molecule has 0 saturated carbocycles. The monoisotopic (exact) mass is 288 g/mol. The fourth-order valence-corrected chi connectivity index (χ4v) is 2.14. The average molecular weight is 288 g/mol. The van der Waals surface area contributed by atoms with Gasteiger partial charge in [-0.15, -0.1) is 5.11 Å². The van der Waals surface area contributed by atoms with E-state index >= 15 is 0 Å². The first-order valence-corrected chi connectivity index (χ1v) is 6.94. The van der Waals surface area contributed by atoms with E-state index in [1.165, 1.54) is 0 Å². The van der Waals surface area contributed by atoms with E-state index in [2.05, 4.69) is 10.2 Å². The predicted molar refractivity (Wildman–Crippen MR) is 91.3 cm³/mol. The summed E-state index contributed by atoms with van der Waals surface area (Å²) in [5.41, 5.74) is 16.6. The van der Waals surface area contributed by atoms with Crippen molar-refractivity contribution in [2.75, 3.05) is 11.5 Å². The van der Waals surface area contributed by atoms with Crippen molar-refractivity contribution in [3.05, 3.63) is 72.8 Å². The van der Waals surface area contributed by atoms with Gasteiger partial charge in [0.1, 0.15) is 0 Å². The Kier molecular flexibility index (Phi) is 3.83. The number of nitrogens with zero attached hydrogens (tertiary/aromatic N) is 2. The smallest absolute Gasteiger partial charge is 0.0936 e. The predicted octanol–water partition coefficient (Wildman–Crippen LogP) is 4.93. The first kappa shape index (κ1) is 13.8. The van der Waals surface area contributed by atoms with Gasteiger partial charge in [0.15, 0.2) is 0 Å². The van der Waals surface area contributed by atoms with Crippen molar-refractivity contribution in [1.82, 2.24) is 0 Å². The van der Waals surface area contributed by atoms with Crippen LogP contribution in [0.4, 0.5) is 22.7 Å². The van der Waals surface area contributed by atoms with E-state index in [9.17, 15) is 0 Å². The second-order valence-corrected chi connectivity index (χ2v) is 4.93. The van der Waals surface area contributed by atoms with E-state index in [0.717, 1.165) is 28.2 Å². The molecule has 0 spiro atoms. The summed E-state index contributed by atoms with van der Waals surface area (Å²) in [5, 5.41) is 8.62. The SMILES string of the molecule is Nc1ccc(-c2cc(N)ccc2N=Nc2ccccc2)cc1. The molecule has 4 nitrogen and oxygen atoms in total. The van der Waals surface area contributed by atoms with Crippen LogP contribution in [0.5, 0.6) is 0 Å². The molecule has 0 radical (unpaired) electrons. The average Bonchev–Trinajstić information content (AvgIpc) is 2.55. The lowest BCUT2D eigenvalue weighted by Crippen LogP contribution is -1.87. The van der Waals surface area contributed by atoms with Crippen molar-refractivity contribution in [1.29, 1.82) is 0 Å². The third-order valence-electron chi connectivity index (χ3n) is 3.27. The molecule has 0 amide bonds. The Labute approximate surface area is 129 Å². The molecule has 0 saturated heterocycles. The molecule has 0 aromatic heterocycles. The number of hydrogen-bond acceptors (Lipinski definition) is 4. The van der Waals surface area contributed by atoms with E-state index in [0.29, 0.717) is 5.69 Å². The highest BCUT2D eigenvalue weighted by molar-refractivity contribution is 5.79. The van der Waals surface area contributed by atoms with E-state index in [-0.39, 0.29) is 0 Å². The van der Waals surface area contributed by atoms with E-state index in [1.807, 2.05) is 72.8 Å². The van der Waals surface area contributed by atoms with Crippen LogP contribution < -0.4 is 11.5 Å². The summed E-state index contributed by atoms with van der Waals surface area (Å²) in [6.45, 7) is 0. The zero-order valence-electron chi connectivity index (χ0n) is 12.0. The standard InChI is InChI=1S/C18H16N4/c19-14-8-6-13(7-9-14)17-12-15(20)10-11-18(17)22-21-16-4-2-1-3-5-16/h1-12H,19-20H2. The quantitative estimate of drug-likeness (QED) is 0.529. The number of azo groups is 1. The third kappa shape index (κ3) is 3.12. The maximum Gasteiger partial charge on any atom is 0.0936 e. The first-order chi connectivity index (χ1) is 10.7. The maximum atomic E-state index is 5.91. The summed E-state index contributed by atoms with van der Waals surface area (Å²) in [6, 6.07) is 22.8. The first-order valence-electron chi connectivity index (χ1n) is 6.94. The molecular formula is C18H16N4. The zero-order valence-corrected chi connectivity index (χ0v) is 12.0. The van der Waals surface area contributed by atoms with Crippen LogP contribution >= 0.6 is 0 Å². The molecule has 3 rings (SSSR count). The van der Waals surface area contributed by atoms with Crippen LogP contribution in [0.25, 0.3) is 11.1 Å². The minimum atomic E-state index is 0.686. The molecule has 3 aromatic rings. The van der Waals surface area contributed by atoms with Gasteiger partial charge in [-0.3, -0.25) is 0 Å². The van der Waals surface area contributed by atoms with Crippen molar-refractivity contribution >= 4 is 22.7 Å². The fraction of sp³-hybridized carbons (Fsp3) is 0. The van der Waals surface area contributed by atoms with Crippen LogP contribution in [-0.4, -0.2) is 0 Å². The molecule has 4 N–H and O–H groups in total. The Balaban J connectivity index is 2.01. The van der Waals surface area contributed by atoms with Crippen LogP contribution in [0.2, 0.25) is 0 Å². The lowest BCUT2D eigenvalue weighted by atomic mass is 10.0. The zero-order chi connectivity index (χ0) is 15.4. The Hall–Kier alpha value is -3.14. The largest absolute Gasteiger partial charge is 0.399 e. The molecule has 108 valence electrons. The number of anilines is 2. The van der Waals surface area contributed by atoms with Gasteiger partial charge in [-0.2, -0.15) is 5.11 Å². The van der Waals surface area contributed by atoms with Crippen molar-refractivity contribution in [3.63, 3.8) is 0 Å². The van der Waals surface area contributed by atoms with Gasteiger partial charge in [-0.1, -0.05) is 30.3 Å². The molecule has 4 heteroatoms. The van der Waals surface area contributed by atoms with Crippen molar-refractivity contribution in [2.45, 2.75) is 0 Å². The second kappa shape index (κ2) is 6.10. The summed E-state index contributed by atoms with van der Waals surface area (Å²) >= 11 is 0. The van der Waals surface area contributed by atoms with E-state index < -0.39 is 0 Å². The van der Waals surface area contributed by atoms with Gasteiger partial charge in [0.25, 0.3) is 0 Å². The lowest BCUT2D eigenvalue weighted by Gasteiger charge is -2.07. The molecule has 0 heterocycles. The molecule has 3 aromatic carbocycles. The van der Waals surface area contributed by atoms with Gasteiger partial charge >= 0.3 is 0 Å². The summed E-state index contributed by atoms with van der Waals surface area (Å²) < 4.78 is 0. The highest BCUT2D eigenvalue weighted by atomic mass is 15.1. The van der Waals surface area contributed by atoms with Crippen LogP contribution in [0, 0.1) is 0 Å². The van der Waals surface area contributed by atoms with Gasteiger partial charge in [-0.25, -0.2) is 0 Å². The second-order valence-electron chi connectivity index (χ2n) is 4.93. The van der Waals surface area contributed by atoms with Gasteiger partial charge in [0.2, 0.25) is 0 Å². The number of hydrogen-bond donors (Lipinski definition) is 2. The van der Waals surface area contributed by atoms with E-state index in [4.69, 9.17) is 11.5 Å². The molecule has 22 heavy (non-hydrogen) atoms. The Morgan fingerprint density at radius 2 is 1.32 bits per heavy atom. The highest BCUT2D eigenvalue weighted by Crippen LogP contribution is 2.33. The van der Waals surface area contributed by atoms with Crippen molar-refractivity contribution < 1.29 is 0 Å². The number of nitrogens with two attached hydrogens (primary N) is 2. The Bertz CT molecular complexity index is 793. The van der Waals surface area contributed by atoms with E-state index in [1.54, 1.807) is 0 Å². The van der Waals surface area contributed by atoms with Gasteiger partial charge in [0, 0.05) is 16.9 Å². The molecule has 0 fully saturated rings. The molecule has 0 aliphatic heterocycles. The fourth-order valence-electron chi connectivity index (χ4n) is 2.14. The normalized spacial score (nSPS) is 10.9. The number of benzene rings is 3. The minimum Gasteiger partial charge on any atom is -0.399 e. The van der Waals surface area contributed by atoms with Crippen molar-refractivity contribution in [2.24, 2.45) is 10.2 Å². The molecule has 0 aliphatic rings. The summed E-state index contributed by atoms with van der Waals surface area (Å²) in [5.74, 6) is 0. The van der Waals surface area contributed by atoms with Crippen LogP contribution in [-0.2, 0) is 0 Å². The highest BCUT2D eigenvalue weighted by Gasteiger charge is 2.05. The molecule has 0 aliphatic carbocycles. The van der Waals surface area contributed by atoms with Gasteiger partial charge in [0.05, 0.1) is 11.4 Å². The number of rotatable bonds is 3. The summed E-state index contributed by atoms with van der Waals surface area (Å²) in [6.07, 6.45) is 0. The Morgan fingerprint density at radius 1 is 0.636 bits per heavy atom. The molecule has 0 unspecified atom stereocenters. The van der Waals surface area contributed by atoms with Gasteiger partial charge in [-0.05, 0) is 48.0 Å². The molecule has 0 bridgehead atoms. The Morgan fingerprint density at radius 3 is 2.05 bits per heavy atom. The van der Waals surface area contributed by atoms with Gasteiger partial charge < -0.3 is 11.5 Å². The summed E-state index contributed by atoms with van der Waals surface area (Å²) in [4.78, 5) is 0. The maximum absolute atomic E-state index is 5.91. The van der Waals surface area contributed by atoms with Crippen LogP contribution in [0.1, 0.15) is 0 Å². The molecular weight excluding hydrogens is 272 g/mol. The van der Waals surface area contributed by atoms with Crippen molar-refractivity contribution in [3.8, 4) is 11.1 Å². The van der Waals surface area contributed by atoms with Crippen LogP contribution in [0.15, 0.2) is 83.0 Å². The number of nitrogen functional groups attached to an aromatic ring is 2.